The van der Waals surface area contributed by atoms with Gasteiger partial charge in [-0.05, 0) is 48.2 Å². The van der Waals surface area contributed by atoms with Crippen LogP contribution in [0.3, 0.4) is 0 Å². The fourth-order valence-electron chi connectivity index (χ4n) is 2.49. The largest absolute Gasteiger partial charge is 0.486 e. The van der Waals surface area contributed by atoms with E-state index in [2.05, 4.69) is 70.0 Å². The van der Waals surface area contributed by atoms with Gasteiger partial charge in [-0.25, -0.2) is 0 Å². The number of alkyl halides is 1. The minimum absolute atomic E-state index is 0.114. The van der Waals surface area contributed by atoms with E-state index in [0.29, 0.717) is 13.2 Å². The zero-order valence-corrected chi connectivity index (χ0v) is 15.1. The number of hydrogen-bond donors (Lipinski definition) is 0. The van der Waals surface area contributed by atoms with E-state index in [4.69, 9.17) is 9.47 Å². The van der Waals surface area contributed by atoms with Crippen molar-refractivity contribution >= 4 is 31.9 Å². The molecule has 0 bridgehead atoms. The average molecular weight is 412 g/mol. The first kappa shape index (κ1) is 14.9. The maximum Gasteiger partial charge on any atom is 0.162 e. The van der Waals surface area contributed by atoms with Crippen LogP contribution >= 0.6 is 31.9 Å². The summed E-state index contributed by atoms with van der Waals surface area (Å²) in [6, 6.07) is 10.4. The third-order valence-electron chi connectivity index (χ3n) is 3.85. The Morgan fingerprint density at radius 3 is 2.38 bits per heavy atom. The lowest BCUT2D eigenvalue weighted by Gasteiger charge is -2.22. The summed E-state index contributed by atoms with van der Waals surface area (Å²) in [5, 5.41) is 0. The van der Waals surface area contributed by atoms with Gasteiger partial charge < -0.3 is 9.47 Å². The van der Waals surface area contributed by atoms with Gasteiger partial charge in [0.15, 0.2) is 11.5 Å². The Hall–Kier alpha value is -1.00. The van der Waals surface area contributed by atoms with Crippen LogP contribution in [0.25, 0.3) is 0 Å². The molecule has 0 aromatic heterocycles. The van der Waals surface area contributed by atoms with Gasteiger partial charge in [-0.1, -0.05) is 50.1 Å². The zero-order valence-electron chi connectivity index (χ0n) is 12.0. The Morgan fingerprint density at radius 2 is 1.67 bits per heavy atom. The van der Waals surface area contributed by atoms with Crippen LogP contribution in [0.15, 0.2) is 34.8 Å². The minimum Gasteiger partial charge on any atom is -0.486 e. The van der Waals surface area contributed by atoms with E-state index in [1.54, 1.807) is 0 Å². The van der Waals surface area contributed by atoms with Crippen LogP contribution < -0.4 is 9.47 Å². The van der Waals surface area contributed by atoms with Crippen molar-refractivity contribution in [1.82, 2.24) is 0 Å². The summed E-state index contributed by atoms with van der Waals surface area (Å²) in [5.74, 6) is 1.62. The van der Waals surface area contributed by atoms with Gasteiger partial charge in [-0.15, -0.1) is 0 Å². The second-order valence-corrected chi connectivity index (χ2v) is 6.94. The molecule has 0 fully saturated rings. The van der Waals surface area contributed by atoms with E-state index in [1.807, 2.05) is 6.07 Å². The molecule has 4 heteroatoms. The van der Waals surface area contributed by atoms with Crippen molar-refractivity contribution in [3.05, 3.63) is 57.1 Å². The molecule has 1 aliphatic heterocycles. The fourth-order valence-corrected chi connectivity index (χ4v) is 4.22. The molecule has 110 valence electrons. The molecule has 0 aliphatic carbocycles. The summed E-state index contributed by atoms with van der Waals surface area (Å²) >= 11 is 7.48. The third-order valence-corrected chi connectivity index (χ3v) is 5.53. The molecular formula is C17H16Br2O2. The van der Waals surface area contributed by atoms with Crippen molar-refractivity contribution in [2.45, 2.75) is 18.7 Å². The van der Waals surface area contributed by atoms with Gasteiger partial charge >= 0.3 is 0 Å². The van der Waals surface area contributed by atoms with Crippen LogP contribution in [0.1, 0.15) is 27.1 Å². The molecule has 3 rings (SSSR count). The predicted molar refractivity (Wildman–Crippen MR) is 91.8 cm³/mol. The standard InChI is InChI=1S/C17H16Br2O2/c1-10-4-3-5-12(11(10)2)17(19)13-8-15-16(9-14(13)18)21-7-6-20-15/h3-5,8-9,17H,6-7H2,1-2H3. The molecule has 0 amide bonds. The van der Waals surface area contributed by atoms with Crippen LogP contribution in [0, 0.1) is 13.8 Å². The number of rotatable bonds is 2. The van der Waals surface area contributed by atoms with Crippen LogP contribution in [0.4, 0.5) is 0 Å². The average Bonchev–Trinajstić information content (AvgIpc) is 2.48. The van der Waals surface area contributed by atoms with Gasteiger partial charge in [0, 0.05) is 4.47 Å². The summed E-state index contributed by atoms with van der Waals surface area (Å²) in [4.78, 5) is 0.114. The van der Waals surface area contributed by atoms with Crippen LogP contribution in [0.5, 0.6) is 11.5 Å². The van der Waals surface area contributed by atoms with E-state index in [0.717, 1.165) is 21.5 Å². The van der Waals surface area contributed by atoms with Gasteiger partial charge in [0.2, 0.25) is 0 Å². The molecule has 1 atom stereocenters. The molecule has 0 radical (unpaired) electrons. The second-order valence-electron chi connectivity index (χ2n) is 5.17. The normalized spacial score (nSPS) is 14.9. The highest BCUT2D eigenvalue weighted by Gasteiger charge is 2.21. The maximum atomic E-state index is 5.69. The molecule has 0 N–H and O–H groups in total. The molecule has 1 unspecified atom stereocenters. The van der Waals surface area contributed by atoms with Crippen molar-refractivity contribution in [2.24, 2.45) is 0 Å². The van der Waals surface area contributed by atoms with Crippen LogP contribution in [-0.2, 0) is 0 Å². The van der Waals surface area contributed by atoms with Crippen molar-refractivity contribution in [3.63, 3.8) is 0 Å². The lowest BCUT2D eigenvalue weighted by atomic mass is 9.97. The van der Waals surface area contributed by atoms with E-state index in [1.165, 1.54) is 16.7 Å². The van der Waals surface area contributed by atoms with Crippen molar-refractivity contribution in [3.8, 4) is 11.5 Å². The van der Waals surface area contributed by atoms with Gasteiger partial charge in [-0.2, -0.15) is 0 Å². The SMILES string of the molecule is Cc1cccc(C(Br)c2cc3c(cc2Br)OCCO3)c1C. The smallest absolute Gasteiger partial charge is 0.162 e. The maximum absolute atomic E-state index is 5.69. The van der Waals surface area contributed by atoms with E-state index >= 15 is 0 Å². The second kappa shape index (κ2) is 6.01. The Kier molecular flexibility index (Phi) is 4.27. The topological polar surface area (TPSA) is 18.5 Å². The number of aryl methyl sites for hydroxylation is 1. The van der Waals surface area contributed by atoms with Gasteiger partial charge in [0.25, 0.3) is 0 Å². The summed E-state index contributed by atoms with van der Waals surface area (Å²) in [7, 11) is 0. The molecule has 2 aromatic carbocycles. The lowest BCUT2D eigenvalue weighted by molar-refractivity contribution is 0.171. The molecule has 2 aromatic rings. The van der Waals surface area contributed by atoms with Crippen LogP contribution in [0.2, 0.25) is 0 Å². The first-order valence-electron chi connectivity index (χ1n) is 6.87. The summed E-state index contributed by atoms with van der Waals surface area (Å²) < 4.78 is 12.3. The number of benzene rings is 2. The molecule has 1 aliphatic rings. The first-order chi connectivity index (χ1) is 10.1. The highest BCUT2D eigenvalue weighted by atomic mass is 79.9. The minimum atomic E-state index is 0.114. The van der Waals surface area contributed by atoms with E-state index in [9.17, 15) is 0 Å². The Balaban J connectivity index is 2.05. The van der Waals surface area contributed by atoms with Crippen LogP contribution in [-0.4, -0.2) is 13.2 Å². The number of hydrogen-bond acceptors (Lipinski definition) is 2. The molecule has 0 spiro atoms. The van der Waals surface area contributed by atoms with Gasteiger partial charge in [0.05, 0.1) is 4.83 Å². The molecule has 0 saturated heterocycles. The van der Waals surface area contributed by atoms with E-state index < -0.39 is 0 Å². The summed E-state index contributed by atoms with van der Waals surface area (Å²) in [6.07, 6.45) is 0. The lowest BCUT2D eigenvalue weighted by Crippen LogP contribution is -2.15. The van der Waals surface area contributed by atoms with Gasteiger partial charge in [0.1, 0.15) is 13.2 Å². The highest BCUT2D eigenvalue weighted by molar-refractivity contribution is 9.11. The Labute approximate surface area is 141 Å². The number of ether oxygens (including phenoxy) is 2. The van der Waals surface area contributed by atoms with Crippen molar-refractivity contribution < 1.29 is 9.47 Å². The first-order valence-corrected chi connectivity index (χ1v) is 8.58. The third kappa shape index (κ3) is 2.84. The van der Waals surface area contributed by atoms with Gasteiger partial charge in [-0.3, -0.25) is 0 Å². The monoisotopic (exact) mass is 410 g/mol. The zero-order chi connectivity index (χ0) is 15.0. The van der Waals surface area contributed by atoms with Crippen molar-refractivity contribution in [2.75, 3.05) is 13.2 Å². The predicted octanol–water partition coefficient (Wildman–Crippen LogP) is 5.32. The quantitative estimate of drug-likeness (QED) is 0.622. The summed E-state index contributed by atoms with van der Waals surface area (Å²) in [6.45, 7) is 5.50. The van der Waals surface area contributed by atoms with Crippen molar-refractivity contribution in [1.29, 1.82) is 0 Å². The molecule has 0 saturated carbocycles. The summed E-state index contributed by atoms with van der Waals surface area (Å²) in [5.41, 5.74) is 5.02. The van der Waals surface area contributed by atoms with E-state index in [-0.39, 0.29) is 4.83 Å². The Morgan fingerprint density at radius 1 is 1.00 bits per heavy atom. The molecule has 1 heterocycles. The number of fused-ring (bicyclic) bond motifs is 1. The molecule has 21 heavy (non-hydrogen) atoms. The fraction of sp³-hybridized carbons (Fsp3) is 0.294. The molecule has 2 nitrogen and oxygen atoms in total. The highest BCUT2D eigenvalue weighted by Crippen LogP contribution is 2.43. The Bertz CT molecular complexity index is 683. The number of halogens is 2. The molecular weight excluding hydrogens is 396 g/mol.